The van der Waals surface area contributed by atoms with E-state index in [1.165, 1.54) is 24.0 Å². The van der Waals surface area contributed by atoms with Gasteiger partial charge in [-0.2, -0.15) is 0 Å². The molecule has 0 radical (unpaired) electrons. The van der Waals surface area contributed by atoms with Crippen molar-refractivity contribution >= 4 is 11.6 Å². The lowest BCUT2D eigenvalue weighted by Crippen LogP contribution is -2.05. The molecule has 0 N–H and O–H groups in total. The zero-order chi connectivity index (χ0) is 9.80. The summed E-state index contributed by atoms with van der Waals surface area (Å²) in [7, 11) is 0. The monoisotopic (exact) mass is 207 g/mol. The Hall–Kier alpha value is -0.820. The fourth-order valence-electron chi connectivity index (χ4n) is 1.86. The lowest BCUT2D eigenvalue weighted by atomic mass is 9.94. The van der Waals surface area contributed by atoms with E-state index >= 15 is 0 Å². The molecule has 1 aliphatic carbocycles. The van der Waals surface area contributed by atoms with E-state index in [1.54, 1.807) is 0 Å². The normalized spacial score (nSPS) is 21.8. The second-order valence-corrected chi connectivity index (χ2v) is 4.33. The van der Waals surface area contributed by atoms with Crippen LogP contribution in [0.1, 0.15) is 24.8 Å². The molecule has 0 aliphatic heterocycles. The highest BCUT2D eigenvalue weighted by Gasteiger charge is 2.10. The predicted octanol–water partition coefficient (Wildman–Crippen LogP) is 3.34. The number of allylic oxidation sites excluding steroid dienone is 2. The Balaban J connectivity index is 2.04. The van der Waals surface area contributed by atoms with Crippen LogP contribution in [0, 0.1) is 0 Å². The van der Waals surface area contributed by atoms with E-state index < -0.39 is 0 Å². The van der Waals surface area contributed by atoms with Crippen LogP contribution >= 0.6 is 11.6 Å². The van der Waals surface area contributed by atoms with Crippen LogP contribution in [0.4, 0.5) is 0 Å². The third kappa shape index (κ3) is 2.58. The summed E-state index contributed by atoms with van der Waals surface area (Å²) in [6.45, 7) is 0. The molecular weight excluding hydrogens is 194 g/mol. The average molecular weight is 208 g/mol. The van der Waals surface area contributed by atoms with E-state index in [9.17, 15) is 0 Å². The van der Waals surface area contributed by atoms with Crippen LogP contribution in [0.2, 0.25) is 0 Å². The van der Waals surface area contributed by atoms with Crippen LogP contribution in [-0.2, 0) is 6.42 Å². The summed E-state index contributed by atoms with van der Waals surface area (Å²) < 4.78 is 0. The maximum atomic E-state index is 6.09. The van der Waals surface area contributed by atoms with Gasteiger partial charge in [0.2, 0.25) is 0 Å². The van der Waals surface area contributed by atoms with Crippen molar-refractivity contribution in [1.29, 1.82) is 0 Å². The Labute approximate surface area is 89.8 Å². The van der Waals surface area contributed by atoms with Crippen LogP contribution in [0.25, 0.3) is 0 Å². The van der Waals surface area contributed by atoms with Gasteiger partial charge in [0.05, 0.1) is 5.38 Å². The topological polar surface area (TPSA) is 12.9 Å². The molecule has 2 heteroatoms. The minimum Gasteiger partial charge on any atom is -0.265 e. The maximum Gasteiger partial charge on any atom is 0.0518 e. The molecule has 1 atom stereocenters. The fourth-order valence-corrected chi connectivity index (χ4v) is 2.19. The summed E-state index contributed by atoms with van der Waals surface area (Å²) in [6, 6.07) is 4.14. The van der Waals surface area contributed by atoms with Gasteiger partial charge in [-0.3, -0.25) is 4.98 Å². The Morgan fingerprint density at radius 3 is 2.86 bits per heavy atom. The molecule has 1 unspecified atom stereocenters. The molecule has 1 aromatic rings. The smallest absolute Gasteiger partial charge is 0.0518 e. The van der Waals surface area contributed by atoms with Crippen molar-refractivity contribution in [3.63, 3.8) is 0 Å². The SMILES string of the molecule is ClC1C=C(Cc2ccncc2)CCC1. The quantitative estimate of drug-likeness (QED) is 0.536. The summed E-state index contributed by atoms with van der Waals surface area (Å²) in [6.07, 6.45) is 10.5. The Morgan fingerprint density at radius 1 is 1.36 bits per heavy atom. The minimum atomic E-state index is 0.251. The number of nitrogens with zero attached hydrogens (tertiary/aromatic N) is 1. The van der Waals surface area contributed by atoms with Crippen LogP contribution in [-0.4, -0.2) is 10.4 Å². The second-order valence-electron chi connectivity index (χ2n) is 3.77. The first kappa shape index (κ1) is 9.72. The zero-order valence-electron chi connectivity index (χ0n) is 8.12. The van der Waals surface area contributed by atoms with Crippen molar-refractivity contribution in [2.75, 3.05) is 0 Å². The van der Waals surface area contributed by atoms with E-state index in [4.69, 9.17) is 11.6 Å². The van der Waals surface area contributed by atoms with Gasteiger partial charge in [-0.1, -0.05) is 11.6 Å². The Morgan fingerprint density at radius 2 is 2.14 bits per heavy atom. The van der Waals surface area contributed by atoms with E-state index in [-0.39, 0.29) is 5.38 Å². The van der Waals surface area contributed by atoms with Crippen LogP contribution < -0.4 is 0 Å². The van der Waals surface area contributed by atoms with Gasteiger partial charge in [-0.15, -0.1) is 11.6 Å². The predicted molar refractivity (Wildman–Crippen MR) is 59.5 cm³/mol. The first-order valence-corrected chi connectivity index (χ1v) is 5.51. The molecule has 1 nitrogen and oxygen atoms in total. The molecular formula is C12H14ClN. The zero-order valence-corrected chi connectivity index (χ0v) is 8.87. The van der Waals surface area contributed by atoms with Gasteiger partial charge >= 0.3 is 0 Å². The van der Waals surface area contributed by atoms with Gasteiger partial charge in [0, 0.05) is 12.4 Å². The average Bonchev–Trinajstić information content (AvgIpc) is 2.19. The minimum absolute atomic E-state index is 0.251. The van der Waals surface area contributed by atoms with Gasteiger partial charge in [0.25, 0.3) is 0 Å². The number of pyridine rings is 1. The highest BCUT2D eigenvalue weighted by atomic mass is 35.5. The van der Waals surface area contributed by atoms with Gasteiger partial charge < -0.3 is 0 Å². The lowest BCUT2D eigenvalue weighted by Gasteiger charge is -2.16. The van der Waals surface area contributed by atoms with Gasteiger partial charge in [-0.05, 0) is 43.4 Å². The summed E-state index contributed by atoms with van der Waals surface area (Å²) in [4.78, 5) is 4.01. The van der Waals surface area contributed by atoms with Crippen molar-refractivity contribution in [2.45, 2.75) is 31.1 Å². The summed E-state index contributed by atoms with van der Waals surface area (Å²) in [5, 5.41) is 0.251. The largest absolute Gasteiger partial charge is 0.265 e. The molecule has 0 bridgehead atoms. The van der Waals surface area contributed by atoms with Crippen molar-refractivity contribution in [3.8, 4) is 0 Å². The van der Waals surface area contributed by atoms with E-state index in [1.807, 2.05) is 12.4 Å². The van der Waals surface area contributed by atoms with Crippen molar-refractivity contribution in [3.05, 3.63) is 41.7 Å². The summed E-state index contributed by atoms with van der Waals surface area (Å²) >= 11 is 6.09. The molecule has 2 rings (SSSR count). The molecule has 0 fully saturated rings. The number of halogens is 1. The van der Waals surface area contributed by atoms with E-state index in [2.05, 4.69) is 23.2 Å². The third-order valence-corrected chi connectivity index (χ3v) is 2.92. The molecule has 1 aliphatic rings. The Bertz CT molecular complexity index is 318. The molecule has 14 heavy (non-hydrogen) atoms. The molecule has 0 aromatic carbocycles. The molecule has 0 amide bonds. The van der Waals surface area contributed by atoms with Crippen molar-refractivity contribution in [2.24, 2.45) is 0 Å². The van der Waals surface area contributed by atoms with Crippen molar-refractivity contribution in [1.82, 2.24) is 4.98 Å². The molecule has 1 heterocycles. The fraction of sp³-hybridized carbons (Fsp3) is 0.417. The molecule has 0 spiro atoms. The molecule has 74 valence electrons. The van der Waals surface area contributed by atoms with Crippen LogP contribution in [0.5, 0.6) is 0 Å². The number of rotatable bonds is 2. The first-order chi connectivity index (χ1) is 6.84. The standard InChI is InChI=1S/C12H14ClN/c13-12-3-1-2-11(9-12)8-10-4-6-14-7-5-10/h4-7,9,12H,1-3,8H2. The number of hydrogen-bond donors (Lipinski definition) is 0. The second kappa shape index (κ2) is 4.61. The van der Waals surface area contributed by atoms with E-state index in [0.717, 1.165) is 12.8 Å². The van der Waals surface area contributed by atoms with Crippen molar-refractivity contribution < 1.29 is 0 Å². The third-order valence-electron chi connectivity index (χ3n) is 2.57. The highest BCUT2D eigenvalue weighted by Crippen LogP contribution is 2.24. The number of aromatic nitrogens is 1. The van der Waals surface area contributed by atoms with Gasteiger partial charge in [0.1, 0.15) is 0 Å². The highest BCUT2D eigenvalue weighted by molar-refractivity contribution is 6.21. The van der Waals surface area contributed by atoms with Crippen LogP contribution in [0.15, 0.2) is 36.2 Å². The van der Waals surface area contributed by atoms with E-state index in [0.29, 0.717) is 0 Å². The molecule has 0 saturated heterocycles. The summed E-state index contributed by atoms with van der Waals surface area (Å²) in [5.41, 5.74) is 2.81. The Kier molecular flexibility index (Phi) is 3.20. The maximum absolute atomic E-state index is 6.09. The summed E-state index contributed by atoms with van der Waals surface area (Å²) in [5.74, 6) is 0. The van der Waals surface area contributed by atoms with Gasteiger partial charge in [0.15, 0.2) is 0 Å². The number of alkyl halides is 1. The molecule has 0 saturated carbocycles. The van der Waals surface area contributed by atoms with Crippen LogP contribution in [0.3, 0.4) is 0 Å². The lowest BCUT2D eigenvalue weighted by molar-refractivity contribution is 0.693. The van der Waals surface area contributed by atoms with Gasteiger partial charge in [-0.25, -0.2) is 0 Å². The first-order valence-electron chi connectivity index (χ1n) is 5.07. The number of hydrogen-bond acceptors (Lipinski definition) is 1. The molecule has 1 aromatic heterocycles.